The molecule has 2 N–H and O–H groups in total. The summed E-state index contributed by atoms with van der Waals surface area (Å²) in [6.07, 6.45) is 3.10. The van der Waals surface area contributed by atoms with Crippen molar-refractivity contribution in [1.29, 1.82) is 0 Å². The molecule has 0 atom stereocenters. The van der Waals surface area contributed by atoms with E-state index in [-0.39, 0.29) is 11.3 Å². The van der Waals surface area contributed by atoms with Gasteiger partial charge in [-0.3, -0.25) is 4.79 Å². The molecule has 0 aromatic heterocycles. The van der Waals surface area contributed by atoms with Crippen molar-refractivity contribution in [3.8, 4) is 0 Å². The van der Waals surface area contributed by atoms with Crippen LogP contribution in [-0.2, 0) is 10.2 Å². The third-order valence-corrected chi connectivity index (χ3v) is 3.65. The van der Waals surface area contributed by atoms with E-state index in [1.54, 1.807) is 0 Å². The molecule has 0 bridgehead atoms. The van der Waals surface area contributed by atoms with Crippen LogP contribution in [0.15, 0.2) is 30.3 Å². The lowest BCUT2D eigenvalue weighted by molar-refractivity contribution is -0.121. The lowest BCUT2D eigenvalue weighted by Crippen LogP contribution is -2.37. The molecule has 3 heteroatoms. The van der Waals surface area contributed by atoms with Crippen molar-refractivity contribution in [2.45, 2.75) is 44.6 Å². The molecule has 2 rings (SSSR count). The molecule has 1 amide bonds. The molecule has 1 aliphatic carbocycles. The second-order valence-electron chi connectivity index (χ2n) is 6.01. The van der Waals surface area contributed by atoms with E-state index < -0.39 is 0 Å². The predicted molar refractivity (Wildman–Crippen MR) is 78.1 cm³/mol. The molecule has 1 fully saturated rings. The fourth-order valence-corrected chi connectivity index (χ4v) is 2.08. The van der Waals surface area contributed by atoms with Crippen LogP contribution in [0.4, 0.5) is 0 Å². The lowest BCUT2D eigenvalue weighted by Gasteiger charge is -2.25. The number of amides is 1. The van der Waals surface area contributed by atoms with E-state index in [0.717, 1.165) is 6.54 Å². The minimum Gasteiger partial charge on any atom is -0.355 e. The van der Waals surface area contributed by atoms with Crippen LogP contribution in [0.25, 0.3) is 0 Å². The van der Waals surface area contributed by atoms with Gasteiger partial charge >= 0.3 is 0 Å². The summed E-state index contributed by atoms with van der Waals surface area (Å²) >= 11 is 0. The number of carbonyl (C=O) groups is 1. The first-order valence-electron chi connectivity index (χ1n) is 7.13. The Balaban J connectivity index is 1.72. The summed E-state index contributed by atoms with van der Waals surface area (Å²) in [6, 6.07) is 11.0. The second kappa shape index (κ2) is 6.20. The number of nitrogens with one attached hydrogen (secondary N) is 2. The van der Waals surface area contributed by atoms with Gasteiger partial charge in [-0.2, -0.15) is 0 Å². The first-order chi connectivity index (χ1) is 9.08. The highest BCUT2D eigenvalue weighted by molar-refractivity contribution is 5.76. The highest BCUT2D eigenvalue weighted by Gasteiger charge is 2.22. The SMILES string of the molecule is CC(C)(CNC(=O)CCNC1CC1)c1ccccc1. The average Bonchev–Trinajstić information content (AvgIpc) is 3.22. The van der Waals surface area contributed by atoms with Crippen molar-refractivity contribution < 1.29 is 4.79 Å². The zero-order valence-electron chi connectivity index (χ0n) is 11.9. The van der Waals surface area contributed by atoms with E-state index >= 15 is 0 Å². The van der Waals surface area contributed by atoms with Crippen LogP contribution in [-0.4, -0.2) is 25.0 Å². The van der Waals surface area contributed by atoms with Gasteiger partial charge in [0.15, 0.2) is 0 Å². The van der Waals surface area contributed by atoms with Crippen molar-refractivity contribution in [3.05, 3.63) is 35.9 Å². The number of benzene rings is 1. The Morgan fingerprint density at radius 1 is 1.26 bits per heavy atom. The van der Waals surface area contributed by atoms with E-state index in [9.17, 15) is 4.79 Å². The minimum atomic E-state index is -0.0269. The van der Waals surface area contributed by atoms with Crippen LogP contribution >= 0.6 is 0 Å². The molecule has 0 spiro atoms. The van der Waals surface area contributed by atoms with Gasteiger partial charge in [-0.15, -0.1) is 0 Å². The van der Waals surface area contributed by atoms with Gasteiger partial charge in [0.1, 0.15) is 0 Å². The number of rotatable bonds is 7. The molecule has 19 heavy (non-hydrogen) atoms. The molecule has 1 aliphatic rings. The summed E-state index contributed by atoms with van der Waals surface area (Å²) in [7, 11) is 0. The first-order valence-corrected chi connectivity index (χ1v) is 7.13. The zero-order valence-corrected chi connectivity index (χ0v) is 11.9. The Morgan fingerprint density at radius 2 is 1.95 bits per heavy atom. The van der Waals surface area contributed by atoms with Crippen molar-refractivity contribution in [1.82, 2.24) is 10.6 Å². The van der Waals surface area contributed by atoms with Gasteiger partial charge in [-0.25, -0.2) is 0 Å². The number of carbonyl (C=O) groups excluding carboxylic acids is 1. The average molecular weight is 260 g/mol. The quantitative estimate of drug-likeness (QED) is 0.789. The standard InChI is InChI=1S/C16H24N2O/c1-16(2,13-6-4-3-5-7-13)12-18-15(19)10-11-17-14-8-9-14/h3-7,14,17H,8-12H2,1-2H3,(H,18,19). The van der Waals surface area contributed by atoms with E-state index in [0.29, 0.717) is 19.0 Å². The summed E-state index contributed by atoms with van der Waals surface area (Å²) in [6.45, 7) is 5.79. The fourth-order valence-electron chi connectivity index (χ4n) is 2.08. The van der Waals surface area contributed by atoms with Crippen molar-refractivity contribution in [2.24, 2.45) is 0 Å². The molecule has 0 saturated heterocycles. The maximum Gasteiger partial charge on any atom is 0.221 e. The van der Waals surface area contributed by atoms with Gasteiger partial charge in [-0.1, -0.05) is 44.2 Å². The smallest absolute Gasteiger partial charge is 0.221 e. The van der Waals surface area contributed by atoms with Crippen LogP contribution < -0.4 is 10.6 Å². The third-order valence-electron chi connectivity index (χ3n) is 3.65. The zero-order chi connectivity index (χ0) is 13.7. The van der Waals surface area contributed by atoms with E-state index in [1.165, 1.54) is 18.4 Å². The molecule has 3 nitrogen and oxygen atoms in total. The second-order valence-corrected chi connectivity index (χ2v) is 6.01. The number of hydrogen-bond acceptors (Lipinski definition) is 2. The first kappa shape index (κ1) is 14.1. The van der Waals surface area contributed by atoms with E-state index in [1.807, 2.05) is 18.2 Å². The summed E-state index contributed by atoms with van der Waals surface area (Å²) in [5, 5.41) is 6.39. The summed E-state index contributed by atoms with van der Waals surface area (Å²) in [5.74, 6) is 0.136. The molecule has 0 aliphatic heterocycles. The van der Waals surface area contributed by atoms with Crippen LogP contribution in [0.3, 0.4) is 0 Å². The van der Waals surface area contributed by atoms with Crippen LogP contribution in [0.2, 0.25) is 0 Å². The third kappa shape index (κ3) is 4.67. The van der Waals surface area contributed by atoms with Gasteiger partial charge < -0.3 is 10.6 Å². The topological polar surface area (TPSA) is 41.1 Å². The Bertz CT molecular complexity index is 410. The van der Waals surface area contributed by atoms with Crippen LogP contribution in [0.5, 0.6) is 0 Å². The summed E-state index contributed by atoms with van der Waals surface area (Å²) in [5.41, 5.74) is 1.23. The highest BCUT2D eigenvalue weighted by Crippen LogP contribution is 2.21. The normalized spacial score (nSPS) is 15.3. The van der Waals surface area contributed by atoms with E-state index in [2.05, 4.69) is 36.6 Å². The minimum absolute atomic E-state index is 0.0269. The maximum absolute atomic E-state index is 11.8. The molecular weight excluding hydrogens is 236 g/mol. The molecule has 0 radical (unpaired) electrons. The van der Waals surface area contributed by atoms with Crippen LogP contribution in [0.1, 0.15) is 38.7 Å². The Kier molecular flexibility index (Phi) is 4.59. The number of hydrogen-bond donors (Lipinski definition) is 2. The van der Waals surface area contributed by atoms with Gasteiger partial charge in [0, 0.05) is 31.0 Å². The molecule has 1 aromatic rings. The molecule has 1 saturated carbocycles. The lowest BCUT2D eigenvalue weighted by atomic mass is 9.84. The van der Waals surface area contributed by atoms with Crippen LogP contribution in [0, 0.1) is 0 Å². The van der Waals surface area contributed by atoms with Crippen molar-refractivity contribution in [3.63, 3.8) is 0 Å². The monoisotopic (exact) mass is 260 g/mol. The van der Waals surface area contributed by atoms with Gasteiger partial charge in [0.05, 0.1) is 0 Å². The Hall–Kier alpha value is -1.35. The molecule has 104 valence electrons. The van der Waals surface area contributed by atoms with Crippen molar-refractivity contribution in [2.75, 3.05) is 13.1 Å². The fraction of sp³-hybridized carbons (Fsp3) is 0.562. The largest absolute Gasteiger partial charge is 0.355 e. The van der Waals surface area contributed by atoms with Gasteiger partial charge in [0.25, 0.3) is 0 Å². The van der Waals surface area contributed by atoms with Gasteiger partial charge in [-0.05, 0) is 18.4 Å². The molecule has 0 heterocycles. The highest BCUT2D eigenvalue weighted by atomic mass is 16.1. The van der Waals surface area contributed by atoms with E-state index in [4.69, 9.17) is 0 Å². The van der Waals surface area contributed by atoms with Crippen molar-refractivity contribution >= 4 is 5.91 Å². The summed E-state index contributed by atoms with van der Waals surface area (Å²) < 4.78 is 0. The Labute approximate surface area is 115 Å². The van der Waals surface area contributed by atoms with Gasteiger partial charge in [0.2, 0.25) is 5.91 Å². The Morgan fingerprint density at radius 3 is 2.58 bits per heavy atom. The molecule has 1 aromatic carbocycles. The molecule has 0 unspecified atom stereocenters. The maximum atomic E-state index is 11.8. The summed E-state index contributed by atoms with van der Waals surface area (Å²) in [4.78, 5) is 11.8. The molecular formula is C16H24N2O. The predicted octanol–water partition coefficient (Wildman–Crippen LogP) is 2.22.